The molecule has 0 heterocycles. The van der Waals surface area contributed by atoms with Crippen molar-refractivity contribution in [2.24, 2.45) is 35.5 Å². The molecule has 1 rings (SSSR count). The third-order valence-corrected chi connectivity index (χ3v) is 5.04. The topological polar surface area (TPSA) is 0 Å². The van der Waals surface area contributed by atoms with Crippen molar-refractivity contribution in [3.8, 4) is 0 Å². The van der Waals surface area contributed by atoms with E-state index in [9.17, 15) is 0 Å². The first-order valence-corrected chi connectivity index (χ1v) is 7.02. The van der Waals surface area contributed by atoms with Crippen LogP contribution in [0.3, 0.4) is 0 Å². The summed E-state index contributed by atoms with van der Waals surface area (Å²) in [5.41, 5.74) is 0. The van der Waals surface area contributed by atoms with Gasteiger partial charge in [0.2, 0.25) is 0 Å². The van der Waals surface area contributed by atoms with E-state index in [1.807, 2.05) is 0 Å². The van der Waals surface area contributed by atoms with Crippen molar-refractivity contribution in [2.75, 3.05) is 0 Å². The molecule has 0 aliphatic heterocycles. The highest BCUT2D eigenvalue weighted by molar-refractivity contribution is 4.93. The Balaban J connectivity index is 2.44. The zero-order chi connectivity index (χ0) is 11.6. The van der Waals surface area contributed by atoms with Crippen molar-refractivity contribution in [1.82, 2.24) is 0 Å². The summed E-state index contributed by atoms with van der Waals surface area (Å²) in [7, 11) is 0. The second kappa shape index (κ2) is 5.37. The van der Waals surface area contributed by atoms with E-state index >= 15 is 0 Å². The SMILES string of the molecule is CCC(CC)C(C)C(C)C1CC1C(C)C. The fraction of sp³-hybridized carbons (Fsp3) is 1.00. The fourth-order valence-corrected chi connectivity index (χ4v) is 3.46. The number of hydrogen-bond acceptors (Lipinski definition) is 0. The van der Waals surface area contributed by atoms with E-state index in [1.165, 1.54) is 19.3 Å². The lowest BCUT2D eigenvalue weighted by Gasteiger charge is -2.28. The van der Waals surface area contributed by atoms with Gasteiger partial charge in [-0.3, -0.25) is 0 Å². The Hall–Kier alpha value is 0. The summed E-state index contributed by atoms with van der Waals surface area (Å²) in [6.07, 6.45) is 4.23. The first-order valence-electron chi connectivity index (χ1n) is 7.02. The molecule has 0 aromatic carbocycles. The van der Waals surface area contributed by atoms with E-state index in [1.54, 1.807) is 0 Å². The molecule has 4 unspecified atom stereocenters. The standard InChI is InChI=1S/C15H30/c1-7-13(8-2)11(5)12(6)15-9-14(15)10(3)4/h10-15H,7-9H2,1-6H3. The maximum Gasteiger partial charge on any atom is -0.0352 e. The van der Waals surface area contributed by atoms with Crippen molar-refractivity contribution in [3.05, 3.63) is 0 Å². The molecule has 90 valence electrons. The average molecular weight is 210 g/mol. The highest BCUT2D eigenvalue weighted by Crippen LogP contribution is 2.52. The van der Waals surface area contributed by atoms with Crippen molar-refractivity contribution in [2.45, 2.75) is 60.8 Å². The normalized spacial score (nSPS) is 29.6. The van der Waals surface area contributed by atoms with Crippen molar-refractivity contribution < 1.29 is 0 Å². The molecule has 1 saturated carbocycles. The first-order chi connectivity index (χ1) is 7.02. The van der Waals surface area contributed by atoms with Gasteiger partial charge in [0.05, 0.1) is 0 Å². The van der Waals surface area contributed by atoms with Crippen LogP contribution in [0, 0.1) is 35.5 Å². The molecule has 1 fully saturated rings. The summed E-state index contributed by atoms with van der Waals surface area (Å²) in [6.45, 7) is 14.5. The van der Waals surface area contributed by atoms with Gasteiger partial charge >= 0.3 is 0 Å². The smallest absolute Gasteiger partial charge is 0.0352 e. The van der Waals surface area contributed by atoms with Crippen LogP contribution in [0.1, 0.15) is 60.8 Å². The van der Waals surface area contributed by atoms with E-state index in [4.69, 9.17) is 0 Å². The van der Waals surface area contributed by atoms with Crippen LogP contribution >= 0.6 is 0 Å². The Kier molecular flexibility index (Phi) is 4.67. The minimum absolute atomic E-state index is 0.909. The molecule has 0 bridgehead atoms. The highest BCUT2D eigenvalue weighted by Gasteiger charge is 2.44. The van der Waals surface area contributed by atoms with Crippen LogP contribution in [0.2, 0.25) is 0 Å². The molecular weight excluding hydrogens is 180 g/mol. The third kappa shape index (κ3) is 2.98. The lowest BCUT2D eigenvalue weighted by Crippen LogP contribution is -2.20. The zero-order valence-electron chi connectivity index (χ0n) is 11.6. The lowest BCUT2D eigenvalue weighted by molar-refractivity contribution is 0.215. The molecule has 0 aromatic heterocycles. The van der Waals surface area contributed by atoms with Gasteiger partial charge in [0.15, 0.2) is 0 Å². The van der Waals surface area contributed by atoms with Gasteiger partial charge in [-0.2, -0.15) is 0 Å². The molecule has 0 heteroatoms. The van der Waals surface area contributed by atoms with Crippen molar-refractivity contribution in [3.63, 3.8) is 0 Å². The van der Waals surface area contributed by atoms with Gasteiger partial charge in [-0.25, -0.2) is 0 Å². The lowest BCUT2D eigenvalue weighted by atomic mass is 9.78. The number of hydrogen-bond donors (Lipinski definition) is 0. The van der Waals surface area contributed by atoms with Gasteiger partial charge in [0.25, 0.3) is 0 Å². The van der Waals surface area contributed by atoms with Crippen molar-refractivity contribution in [1.29, 1.82) is 0 Å². The highest BCUT2D eigenvalue weighted by atomic mass is 14.5. The molecule has 0 saturated heterocycles. The minimum Gasteiger partial charge on any atom is -0.0651 e. The van der Waals surface area contributed by atoms with Crippen molar-refractivity contribution >= 4 is 0 Å². The molecule has 0 aromatic rings. The quantitative estimate of drug-likeness (QED) is 0.579. The number of rotatable bonds is 6. The summed E-state index contributed by atoms with van der Waals surface area (Å²) in [5.74, 6) is 5.81. The average Bonchev–Trinajstić information content (AvgIpc) is 2.97. The van der Waals surface area contributed by atoms with E-state index in [0.717, 1.165) is 35.5 Å². The summed E-state index contributed by atoms with van der Waals surface area (Å²) in [6, 6.07) is 0. The monoisotopic (exact) mass is 210 g/mol. The molecule has 1 aliphatic rings. The molecule has 0 spiro atoms. The molecule has 15 heavy (non-hydrogen) atoms. The molecule has 0 radical (unpaired) electrons. The Labute approximate surface area is 96.8 Å². The van der Waals surface area contributed by atoms with Crippen LogP contribution in [0.5, 0.6) is 0 Å². The summed E-state index contributed by atoms with van der Waals surface area (Å²) < 4.78 is 0. The van der Waals surface area contributed by atoms with Crippen LogP contribution in [-0.2, 0) is 0 Å². The van der Waals surface area contributed by atoms with Gasteiger partial charge < -0.3 is 0 Å². The Morgan fingerprint density at radius 2 is 1.47 bits per heavy atom. The van der Waals surface area contributed by atoms with Gasteiger partial charge in [0, 0.05) is 0 Å². The molecule has 4 atom stereocenters. The molecular formula is C15H30. The van der Waals surface area contributed by atoms with Crippen LogP contribution < -0.4 is 0 Å². The maximum atomic E-state index is 2.50. The summed E-state index contributed by atoms with van der Waals surface area (Å²) in [4.78, 5) is 0. The van der Waals surface area contributed by atoms with E-state index < -0.39 is 0 Å². The van der Waals surface area contributed by atoms with E-state index in [0.29, 0.717) is 0 Å². The van der Waals surface area contributed by atoms with Crippen LogP contribution in [0.25, 0.3) is 0 Å². The molecule has 0 nitrogen and oxygen atoms in total. The second-order valence-electron chi connectivity index (χ2n) is 6.10. The zero-order valence-corrected chi connectivity index (χ0v) is 11.6. The third-order valence-electron chi connectivity index (χ3n) is 5.04. The first kappa shape index (κ1) is 13.1. The predicted molar refractivity (Wildman–Crippen MR) is 68.8 cm³/mol. The molecule has 0 N–H and O–H groups in total. The van der Waals surface area contributed by atoms with Gasteiger partial charge in [-0.05, 0) is 41.9 Å². The van der Waals surface area contributed by atoms with Crippen LogP contribution in [0.4, 0.5) is 0 Å². The largest absolute Gasteiger partial charge is 0.0651 e. The Morgan fingerprint density at radius 3 is 1.80 bits per heavy atom. The van der Waals surface area contributed by atoms with Gasteiger partial charge in [-0.15, -0.1) is 0 Å². The van der Waals surface area contributed by atoms with Crippen LogP contribution in [-0.4, -0.2) is 0 Å². The van der Waals surface area contributed by atoms with E-state index in [-0.39, 0.29) is 0 Å². The predicted octanol–water partition coefficient (Wildman–Crippen LogP) is 4.99. The fourth-order valence-electron chi connectivity index (χ4n) is 3.46. The van der Waals surface area contributed by atoms with Crippen LogP contribution in [0.15, 0.2) is 0 Å². The summed E-state index contributed by atoms with van der Waals surface area (Å²) in [5, 5.41) is 0. The minimum atomic E-state index is 0.909. The van der Waals surface area contributed by atoms with Gasteiger partial charge in [0.1, 0.15) is 0 Å². The molecule has 1 aliphatic carbocycles. The Bertz CT molecular complexity index is 178. The maximum absolute atomic E-state index is 2.50. The summed E-state index contributed by atoms with van der Waals surface area (Å²) >= 11 is 0. The Morgan fingerprint density at radius 1 is 0.933 bits per heavy atom. The van der Waals surface area contributed by atoms with Gasteiger partial charge in [-0.1, -0.05) is 54.4 Å². The van der Waals surface area contributed by atoms with E-state index in [2.05, 4.69) is 41.5 Å². The second-order valence-corrected chi connectivity index (χ2v) is 6.10. The molecule has 0 amide bonds.